The maximum atomic E-state index is 11.8. The minimum atomic E-state index is -0.0735. The minimum absolute atomic E-state index is 0. The Hall–Kier alpha value is -2.29. The molecule has 0 radical (unpaired) electrons. The molecule has 0 aliphatic carbocycles. The zero-order chi connectivity index (χ0) is 21.1. The Morgan fingerprint density at radius 3 is 2.57 bits per heavy atom. The minimum Gasteiger partial charge on any atom is -0.493 e. The summed E-state index contributed by atoms with van der Waals surface area (Å²) >= 11 is 0. The molecule has 164 valence electrons. The van der Waals surface area contributed by atoms with E-state index in [9.17, 15) is 4.79 Å². The van der Waals surface area contributed by atoms with Gasteiger partial charge in [0.15, 0.2) is 5.96 Å². The highest BCUT2D eigenvalue weighted by Gasteiger charge is 2.07. The molecular formula is C23H33IN4O2. The number of carbonyl (C=O) groups excluding carboxylic acids is 1. The second-order valence-electron chi connectivity index (χ2n) is 7.19. The molecule has 0 atom stereocenters. The molecular weight excluding hydrogens is 491 g/mol. The van der Waals surface area contributed by atoms with Crippen molar-refractivity contribution < 1.29 is 9.53 Å². The van der Waals surface area contributed by atoms with Crippen molar-refractivity contribution in [2.24, 2.45) is 10.9 Å². The number of hydrogen-bond acceptors (Lipinski definition) is 3. The van der Waals surface area contributed by atoms with E-state index in [1.165, 1.54) is 0 Å². The van der Waals surface area contributed by atoms with Crippen molar-refractivity contribution in [3.63, 3.8) is 0 Å². The van der Waals surface area contributed by atoms with E-state index >= 15 is 0 Å². The largest absolute Gasteiger partial charge is 0.493 e. The van der Waals surface area contributed by atoms with Crippen LogP contribution in [0, 0.1) is 5.92 Å². The Labute approximate surface area is 196 Å². The van der Waals surface area contributed by atoms with Crippen LogP contribution in [0.3, 0.4) is 0 Å². The van der Waals surface area contributed by atoms with Crippen molar-refractivity contribution in [3.05, 3.63) is 65.2 Å². The van der Waals surface area contributed by atoms with Crippen LogP contribution in [0.4, 0.5) is 0 Å². The fraction of sp³-hybridized carbons (Fsp3) is 0.391. The summed E-state index contributed by atoms with van der Waals surface area (Å²) in [6.45, 7) is 6.30. The number of nitrogens with zero attached hydrogens (tertiary/aromatic N) is 1. The predicted octanol–water partition coefficient (Wildman–Crippen LogP) is 3.61. The summed E-state index contributed by atoms with van der Waals surface area (Å²) in [7, 11) is 3.39. The van der Waals surface area contributed by atoms with Gasteiger partial charge in [0.2, 0.25) is 0 Å². The van der Waals surface area contributed by atoms with Gasteiger partial charge in [0, 0.05) is 38.3 Å². The molecule has 0 fully saturated rings. The summed E-state index contributed by atoms with van der Waals surface area (Å²) in [4.78, 5) is 16.0. The molecule has 1 amide bonds. The zero-order valence-electron chi connectivity index (χ0n) is 18.2. The van der Waals surface area contributed by atoms with Gasteiger partial charge in [-0.25, -0.2) is 0 Å². The van der Waals surface area contributed by atoms with E-state index in [1.54, 1.807) is 14.1 Å². The summed E-state index contributed by atoms with van der Waals surface area (Å²) in [6.07, 6.45) is 0.791. The number of nitrogens with one attached hydrogen (secondary N) is 3. The lowest BCUT2D eigenvalue weighted by atomic mass is 10.1. The van der Waals surface area contributed by atoms with Crippen LogP contribution in [0.1, 0.15) is 35.3 Å². The fourth-order valence-electron chi connectivity index (χ4n) is 2.78. The molecule has 0 bridgehead atoms. The Morgan fingerprint density at radius 1 is 1.10 bits per heavy atom. The first-order valence-electron chi connectivity index (χ1n) is 9.99. The summed E-state index contributed by atoms with van der Waals surface area (Å²) in [6, 6.07) is 15.7. The topological polar surface area (TPSA) is 74.8 Å². The summed E-state index contributed by atoms with van der Waals surface area (Å²) in [5, 5.41) is 9.30. The third-order valence-electron chi connectivity index (χ3n) is 4.34. The lowest BCUT2D eigenvalue weighted by Gasteiger charge is -2.15. The van der Waals surface area contributed by atoms with Gasteiger partial charge in [-0.15, -0.1) is 24.0 Å². The third kappa shape index (κ3) is 8.61. The highest BCUT2D eigenvalue weighted by atomic mass is 127. The first-order chi connectivity index (χ1) is 14.0. The molecule has 0 saturated heterocycles. The Bertz CT molecular complexity index is 824. The predicted molar refractivity (Wildman–Crippen MR) is 134 cm³/mol. The molecule has 2 rings (SSSR count). The first-order valence-corrected chi connectivity index (χ1v) is 9.99. The number of rotatable bonds is 9. The van der Waals surface area contributed by atoms with Crippen LogP contribution in [-0.2, 0) is 13.0 Å². The number of aliphatic imine (C=N–C) groups is 1. The molecule has 6 nitrogen and oxygen atoms in total. The van der Waals surface area contributed by atoms with Crippen molar-refractivity contribution >= 4 is 35.8 Å². The zero-order valence-corrected chi connectivity index (χ0v) is 20.5. The van der Waals surface area contributed by atoms with E-state index in [1.807, 2.05) is 42.5 Å². The van der Waals surface area contributed by atoms with Crippen LogP contribution in [-0.4, -0.2) is 39.1 Å². The van der Waals surface area contributed by atoms with Crippen LogP contribution >= 0.6 is 24.0 Å². The lowest BCUT2D eigenvalue weighted by molar-refractivity contribution is 0.0963. The standard InChI is InChI=1S/C23H32N4O2.HI/c1-17(2)16-29-21-11-6-5-9-20(21)15-27-23(25-4)26-13-12-18-8-7-10-19(14-18)22(28)24-3;/h5-11,14,17H,12-13,15-16H2,1-4H3,(H,24,28)(H2,25,26,27);1H. The van der Waals surface area contributed by atoms with Crippen molar-refractivity contribution in [1.82, 2.24) is 16.0 Å². The van der Waals surface area contributed by atoms with Gasteiger partial charge in [-0.3, -0.25) is 9.79 Å². The summed E-state index contributed by atoms with van der Waals surface area (Å²) in [5.74, 6) is 2.03. The lowest BCUT2D eigenvalue weighted by Crippen LogP contribution is -2.38. The number of para-hydroxylation sites is 1. The molecule has 3 N–H and O–H groups in total. The Balaban J connectivity index is 0.00000450. The molecule has 7 heteroatoms. The SMILES string of the molecule is CN=C(NCCc1cccc(C(=O)NC)c1)NCc1ccccc1OCC(C)C.I. The van der Waals surface area contributed by atoms with E-state index in [0.29, 0.717) is 31.2 Å². The Morgan fingerprint density at radius 2 is 1.87 bits per heavy atom. The number of benzene rings is 2. The number of halogens is 1. The highest BCUT2D eigenvalue weighted by Crippen LogP contribution is 2.18. The fourth-order valence-corrected chi connectivity index (χ4v) is 2.78. The van der Waals surface area contributed by atoms with E-state index < -0.39 is 0 Å². The molecule has 0 aliphatic heterocycles. The third-order valence-corrected chi connectivity index (χ3v) is 4.34. The number of guanidine groups is 1. The monoisotopic (exact) mass is 524 g/mol. The van der Waals surface area contributed by atoms with Crippen LogP contribution in [0.2, 0.25) is 0 Å². The average Bonchev–Trinajstić information content (AvgIpc) is 2.74. The van der Waals surface area contributed by atoms with Gasteiger partial charge in [-0.2, -0.15) is 0 Å². The van der Waals surface area contributed by atoms with Crippen LogP contribution in [0.15, 0.2) is 53.5 Å². The van der Waals surface area contributed by atoms with Gasteiger partial charge in [0.1, 0.15) is 5.75 Å². The molecule has 2 aromatic carbocycles. The summed E-state index contributed by atoms with van der Waals surface area (Å²) < 4.78 is 5.91. The molecule has 30 heavy (non-hydrogen) atoms. The van der Waals surface area contributed by atoms with Gasteiger partial charge >= 0.3 is 0 Å². The van der Waals surface area contributed by atoms with Gasteiger partial charge in [0.25, 0.3) is 5.91 Å². The quantitative estimate of drug-likeness (QED) is 0.266. The molecule has 2 aromatic rings. The van der Waals surface area contributed by atoms with Crippen molar-refractivity contribution in [1.29, 1.82) is 0 Å². The van der Waals surface area contributed by atoms with Gasteiger partial charge in [-0.1, -0.05) is 44.2 Å². The van der Waals surface area contributed by atoms with E-state index in [-0.39, 0.29) is 29.9 Å². The second kappa shape index (κ2) is 13.8. The molecule has 0 unspecified atom stereocenters. The average molecular weight is 524 g/mol. The second-order valence-corrected chi connectivity index (χ2v) is 7.19. The molecule has 0 aliphatic rings. The van der Waals surface area contributed by atoms with E-state index in [2.05, 4.69) is 40.9 Å². The van der Waals surface area contributed by atoms with Crippen LogP contribution in [0.25, 0.3) is 0 Å². The van der Waals surface area contributed by atoms with Crippen LogP contribution in [0.5, 0.6) is 5.75 Å². The van der Waals surface area contributed by atoms with Gasteiger partial charge in [0.05, 0.1) is 6.61 Å². The number of ether oxygens (including phenoxy) is 1. The van der Waals surface area contributed by atoms with Crippen molar-refractivity contribution in [2.45, 2.75) is 26.8 Å². The normalized spacial score (nSPS) is 10.9. The highest BCUT2D eigenvalue weighted by molar-refractivity contribution is 14.0. The van der Waals surface area contributed by atoms with Crippen LogP contribution < -0.4 is 20.7 Å². The number of carbonyl (C=O) groups is 1. The summed E-state index contributed by atoms with van der Waals surface area (Å²) in [5.41, 5.74) is 2.86. The molecule has 0 saturated carbocycles. The maximum Gasteiger partial charge on any atom is 0.251 e. The maximum absolute atomic E-state index is 11.8. The number of amides is 1. The van der Waals surface area contributed by atoms with Gasteiger partial charge in [-0.05, 0) is 36.1 Å². The van der Waals surface area contributed by atoms with E-state index in [0.717, 1.165) is 29.3 Å². The number of hydrogen-bond donors (Lipinski definition) is 3. The van der Waals surface area contributed by atoms with E-state index in [4.69, 9.17) is 4.74 Å². The molecule has 0 heterocycles. The Kier molecular flexibility index (Phi) is 11.9. The molecule has 0 spiro atoms. The van der Waals surface area contributed by atoms with Gasteiger partial charge < -0.3 is 20.7 Å². The molecule has 0 aromatic heterocycles. The van der Waals surface area contributed by atoms with Crippen molar-refractivity contribution in [3.8, 4) is 5.75 Å². The smallest absolute Gasteiger partial charge is 0.251 e. The first kappa shape index (κ1) is 25.7. The van der Waals surface area contributed by atoms with Crippen molar-refractivity contribution in [2.75, 3.05) is 27.2 Å².